The van der Waals surface area contributed by atoms with Crippen molar-refractivity contribution in [2.24, 2.45) is 0 Å². The van der Waals surface area contributed by atoms with Crippen molar-refractivity contribution in [3.63, 3.8) is 0 Å². The van der Waals surface area contributed by atoms with Gasteiger partial charge in [0.2, 0.25) is 0 Å². The van der Waals surface area contributed by atoms with Gasteiger partial charge in [-0.1, -0.05) is 18.2 Å². The second kappa shape index (κ2) is 4.34. The van der Waals surface area contributed by atoms with E-state index in [0.29, 0.717) is 0 Å². The Labute approximate surface area is 89.4 Å². The van der Waals surface area contributed by atoms with Crippen LogP contribution in [-0.2, 0) is 9.53 Å². The summed E-state index contributed by atoms with van der Waals surface area (Å²) in [7, 11) is 1.45. The summed E-state index contributed by atoms with van der Waals surface area (Å²) in [5.74, 6) is -0.243. The fourth-order valence-corrected chi connectivity index (χ4v) is 2.03. The molecule has 1 unspecified atom stereocenters. The number of carbonyl (C=O) groups is 1. The molecule has 1 aliphatic rings. The minimum absolute atomic E-state index is 0.110. The number of ether oxygens (including phenoxy) is 1. The van der Waals surface area contributed by atoms with Gasteiger partial charge in [-0.25, -0.2) is 0 Å². The number of rotatable bonds is 1. The van der Waals surface area contributed by atoms with Crippen LogP contribution in [0.2, 0.25) is 0 Å². The first-order valence-electron chi connectivity index (χ1n) is 5.23. The van der Waals surface area contributed by atoms with Crippen molar-refractivity contribution in [2.45, 2.75) is 18.8 Å². The minimum atomic E-state index is -0.133. The van der Waals surface area contributed by atoms with E-state index in [1.54, 1.807) is 0 Å². The van der Waals surface area contributed by atoms with Gasteiger partial charge < -0.3 is 10.1 Å². The highest BCUT2D eigenvalue weighted by Gasteiger charge is 2.25. The van der Waals surface area contributed by atoms with E-state index < -0.39 is 0 Å². The number of methoxy groups -OCH3 is 1. The lowest BCUT2D eigenvalue weighted by Crippen LogP contribution is -2.13. The highest BCUT2D eigenvalue weighted by molar-refractivity contribution is 5.80. The minimum Gasteiger partial charge on any atom is -0.469 e. The molecule has 0 fully saturated rings. The van der Waals surface area contributed by atoms with Gasteiger partial charge in [0.05, 0.1) is 13.0 Å². The first-order valence-corrected chi connectivity index (χ1v) is 5.23. The second-order valence-corrected chi connectivity index (χ2v) is 3.73. The van der Waals surface area contributed by atoms with Gasteiger partial charge in [-0.05, 0) is 24.5 Å². The van der Waals surface area contributed by atoms with Crippen LogP contribution in [0.15, 0.2) is 24.3 Å². The molecule has 3 heteroatoms. The number of benzene rings is 1. The van der Waals surface area contributed by atoms with Gasteiger partial charge in [0.1, 0.15) is 0 Å². The van der Waals surface area contributed by atoms with Gasteiger partial charge >= 0.3 is 5.97 Å². The largest absolute Gasteiger partial charge is 0.469 e. The monoisotopic (exact) mass is 205 g/mol. The molecule has 0 spiro atoms. The van der Waals surface area contributed by atoms with Crippen LogP contribution in [0.25, 0.3) is 0 Å². The van der Waals surface area contributed by atoms with Crippen molar-refractivity contribution in [1.29, 1.82) is 0 Å². The molecule has 0 aromatic heterocycles. The Balaban J connectivity index is 2.37. The van der Waals surface area contributed by atoms with Gasteiger partial charge in [-0.3, -0.25) is 4.79 Å². The molecule has 80 valence electrons. The Bertz CT molecular complexity index is 362. The van der Waals surface area contributed by atoms with Crippen molar-refractivity contribution < 1.29 is 9.53 Å². The molecule has 1 heterocycles. The first kappa shape index (κ1) is 10.0. The van der Waals surface area contributed by atoms with Gasteiger partial charge in [-0.2, -0.15) is 0 Å². The lowest BCUT2D eigenvalue weighted by Gasteiger charge is -2.14. The SMILES string of the molecule is COC(=O)C1CCCNc2ccccc21. The van der Waals surface area contributed by atoms with Crippen molar-refractivity contribution in [3.05, 3.63) is 29.8 Å². The summed E-state index contributed by atoms with van der Waals surface area (Å²) in [6, 6.07) is 7.94. The summed E-state index contributed by atoms with van der Waals surface area (Å²) in [6.07, 6.45) is 1.85. The van der Waals surface area contributed by atoms with Crippen LogP contribution in [-0.4, -0.2) is 19.6 Å². The van der Waals surface area contributed by atoms with Crippen LogP contribution in [0.5, 0.6) is 0 Å². The maximum Gasteiger partial charge on any atom is 0.313 e. The molecule has 1 N–H and O–H groups in total. The average Bonchev–Trinajstić information content (AvgIpc) is 2.50. The van der Waals surface area contributed by atoms with E-state index in [1.165, 1.54) is 7.11 Å². The zero-order chi connectivity index (χ0) is 10.7. The smallest absolute Gasteiger partial charge is 0.313 e. The van der Waals surface area contributed by atoms with Crippen LogP contribution in [0.1, 0.15) is 24.3 Å². The molecule has 0 aliphatic carbocycles. The molecule has 1 atom stereocenters. The first-order chi connectivity index (χ1) is 7.33. The fourth-order valence-electron chi connectivity index (χ4n) is 2.03. The lowest BCUT2D eigenvalue weighted by atomic mass is 9.94. The maximum absolute atomic E-state index is 11.6. The van der Waals surface area contributed by atoms with Gasteiger partial charge in [0.15, 0.2) is 0 Å². The Morgan fingerprint density at radius 3 is 3.07 bits per heavy atom. The number of anilines is 1. The summed E-state index contributed by atoms with van der Waals surface area (Å²) in [5.41, 5.74) is 2.12. The maximum atomic E-state index is 11.6. The topological polar surface area (TPSA) is 38.3 Å². The number of hydrogen-bond acceptors (Lipinski definition) is 3. The molecule has 0 bridgehead atoms. The van der Waals surface area contributed by atoms with Crippen LogP contribution < -0.4 is 5.32 Å². The van der Waals surface area contributed by atoms with E-state index in [9.17, 15) is 4.79 Å². The number of hydrogen-bond donors (Lipinski definition) is 1. The number of nitrogens with one attached hydrogen (secondary N) is 1. The third-order valence-electron chi connectivity index (χ3n) is 2.81. The van der Waals surface area contributed by atoms with Crippen molar-refractivity contribution in [2.75, 3.05) is 19.0 Å². The number of para-hydroxylation sites is 1. The number of esters is 1. The predicted molar refractivity (Wildman–Crippen MR) is 58.9 cm³/mol. The molecular formula is C12H15NO2. The standard InChI is InChI=1S/C12H15NO2/c1-15-12(14)10-6-4-8-13-11-7-3-2-5-9(10)11/h2-3,5,7,10,13H,4,6,8H2,1H3. The highest BCUT2D eigenvalue weighted by atomic mass is 16.5. The molecule has 0 radical (unpaired) electrons. The second-order valence-electron chi connectivity index (χ2n) is 3.73. The molecule has 15 heavy (non-hydrogen) atoms. The molecule has 2 rings (SSSR count). The molecule has 0 amide bonds. The van der Waals surface area contributed by atoms with E-state index in [0.717, 1.165) is 30.6 Å². The molecule has 1 aromatic rings. The van der Waals surface area contributed by atoms with Gasteiger partial charge in [-0.15, -0.1) is 0 Å². The predicted octanol–water partition coefficient (Wildman–Crippen LogP) is 2.15. The molecule has 1 aliphatic heterocycles. The highest BCUT2D eigenvalue weighted by Crippen LogP contribution is 2.31. The molecule has 1 aromatic carbocycles. The van der Waals surface area contributed by atoms with Crippen molar-refractivity contribution in [1.82, 2.24) is 0 Å². The average molecular weight is 205 g/mol. The number of carbonyl (C=O) groups excluding carboxylic acids is 1. The Kier molecular flexibility index (Phi) is 2.90. The third-order valence-corrected chi connectivity index (χ3v) is 2.81. The zero-order valence-corrected chi connectivity index (χ0v) is 8.82. The fraction of sp³-hybridized carbons (Fsp3) is 0.417. The van der Waals surface area contributed by atoms with Crippen LogP contribution in [0.4, 0.5) is 5.69 Å². The van der Waals surface area contributed by atoms with Crippen LogP contribution in [0, 0.1) is 0 Å². The Morgan fingerprint density at radius 1 is 1.47 bits per heavy atom. The third kappa shape index (κ3) is 1.96. The molecule has 3 nitrogen and oxygen atoms in total. The normalized spacial score (nSPS) is 19.7. The summed E-state index contributed by atoms with van der Waals surface area (Å²) >= 11 is 0. The lowest BCUT2D eigenvalue weighted by molar-refractivity contribution is -0.142. The zero-order valence-electron chi connectivity index (χ0n) is 8.82. The summed E-state index contributed by atoms with van der Waals surface area (Å²) in [4.78, 5) is 11.6. The summed E-state index contributed by atoms with van der Waals surface area (Å²) in [5, 5.41) is 3.33. The van der Waals surface area contributed by atoms with Gasteiger partial charge in [0.25, 0.3) is 0 Å². The Morgan fingerprint density at radius 2 is 2.27 bits per heavy atom. The van der Waals surface area contributed by atoms with Crippen LogP contribution in [0.3, 0.4) is 0 Å². The van der Waals surface area contributed by atoms with E-state index in [4.69, 9.17) is 4.74 Å². The van der Waals surface area contributed by atoms with E-state index in [1.807, 2.05) is 24.3 Å². The van der Waals surface area contributed by atoms with Crippen LogP contribution >= 0.6 is 0 Å². The molecule has 0 saturated carbocycles. The molecular weight excluding hydrogens is 190 g/mol. The summed E-state index contributed by atoms with van der Waals surface area (Å²) in [6.45, 7) is 0.921. The van der Waals surface area contributed by atoms with E-state index in [-0.39, 0.29) is 11.9 Å². The quantitative estimate of drug-likeness (QED) is 0.714. The van der Waals surface area contributed by atoms with Gasteiger partial charge in [0, 0.05) is 12.2 Å². The number of fused-ring (bicyclic) bond motifs is 1. The Hall–Kier alpha value is -1.51. The van der Waals surface area contributed by atoms with E-state index in [2.05, 4.69) is 5.32 Å². The van der Waals surface area contributed by atoms with Crippen molar-refractivity contribution in [3.8, 4) is 0 Å². The summed E-state index contributed by atoms with van der Waals surface area (Å²) < 4.78 is 4.84. The molecule has 0 saturated heterocycles. The van der Waals surface area contributed by atoms with Crippen molar-refractivity contribution >= 4 is 11.7 Å². The van der Waals surface area contributed by atoms with E-state index >= 15 is 0 Å².